The smallest absolute Gasteiger partial charge is 0.339 e. The molecule has 0 unspecified atom stereocenters. The zero-order chi connectivity index (χ0) is 18.2. The molecule has 134 valence electrons. The van der Waals surface area contributed by atoms with Crippen LogP contribution < -0.4 is 4.74 Å². The number of ether oxygens (including phenoxy) is 2. The van der Waals surface area contributed by atoms with Crippen molar-refractivity contribution >= 4 is 41.3 Å². The first kappa shape index (κ1) is 18.7. The van der Waals surface area contributed by atoms with Gasteiger partial charge in [-0.25, -0.2) is 4.79 Å². The molecule has 0 spiro atoms. The van der Waals surface area contributed by atoms with Gasteiger partial charge in [0.05, 0.1) is 18.8 Å². The van der Waals surface area contributed by atoms with Crippen molar-refractivity contribution in [2.24, 2.45) is 0 Å². The molecule has 0 atom stereocenters. The van der Waals surface area contributed by atoms with Crippen LogP contribution in [0.1, 0.15) is 20.8 Å². The molecule has 1 aromatic carbocycles. The van der Waals surface area contributed by atoms with E-state index in [0.29, 0.717) is 18.8 Å². The predicted octanol–water partition coefficient (Wildman–Crippen LogP) is 5.92. The molecule has 2 heterocycles. The fourth-order valence-electron chi connectivity index (χ4n) is 2.79. The molecule has 3 nitrogen and oxygen atoms in total. The van der Waals surface area contributed by atoms with E-state index in [-0.39, 0.29) is 5.97 Å². The monoisotopic (exact) mass is 438 g/mol. The quantitative estimate of drug-likeness (QED) is 0.439. The van der Waals surface area contributed by atoms with E-state index in [0.717, 1.165) is 28.3 Å². The summed E-state index contributed by atoms with van der Waals surface area (Å²) in [4.78, 5) is 15.0. The first-order valence-electron chi connectivity index (χ1n) is 8.48. The van der Waals surface area contributed by atoms with Crippen LogP contribution >= 0.6 is 27.3 Å². The maximum absolute atomic E-state index is 12.6. The molecule has 0 saturated carbocycles. The van der Waals surface area contributed by atoms with E-state index >= 15 is 0 Å². The topological polar surface area (TPSA) is 35.5 Å². The lowest BCUT2D eigenvalue weighted by Crippen LogP contribution is -2.22. The molecule has 0 N–H and O–H groups in total. The Morgan fingerprint density at radius 3 is 2.80 bits per heavy atom. The highest BCUT2D eigenvalue weighted by atomic mass is 79.9. The van der Waals surface area contributed by atoms with Crippen LogP contribution in [0.25, 0.3) is 10.4 Å². The van der Waals surface area contributed by atoms with Gasteiger partial charge < -0.3 is 9.47 Å². The number of fused-ring (bicyclic) bond motifs is 3. The number of hydrogen-bond donors (Lipinski definition) is 0. The molecule has 1 aromatic heterocycles. The van der Waals surface area contributed by atoms with Crippen molar-refractivity contribution in [1.82, 2.24) is 0 Å². The van der Waals surface area contributed by atoms with Gasteiger partial charge in [-0.05, 0) is 52.7 Å². The predicted molar refractivity (Wildman–Crippen MR) is 110 cm³/mol. The Morgan fingerprint density at radius 1 is 1.32 bits per heavy atom. The number of halogens is 1. The van der Waals surface area contributed by atoms with Crippen LogP contribution in [0.5, 0.6) is 5.75 Å². The number of carbonyl (C=O) groups is 1. The third-order valence-electron chi connectivity index (χ3n) is 4.18. The Hall–Kier alpha value is -1.11. The van der Waals surface area contributed by atoms with Crippen LogP contribution in [-0.2, 0) is 11.2 Å². The molecule has 0 bridgehead atoms. The van der Waals surface area contributed by atoms with Gasteiger partial charge in [0.15, 0.2) is 0 Å². The van der Waals surface area contributed by atoms with Gasteiger partial charge in [-0.3, -0.25) is 0 Å². The van der Waals surface area contributed by atoms with Gasteiger partial charge in [0, 0.05) is 34.3 Å². The van der Waals surface area contributed by atoms with Crippen molar-refractivity contribution in [3.63, 3.8) is 0 Å². The van der Waals surface area contributed by atoms with E-state index in [1.54, 1.807) is 11.3 Å². The Kier molecular flexibility index (Phi) is 5.41. The molecular weight excluding hydrogens is 416 g/mol. The van der Waals surface area contributed by atoms with Crippen LogP contribution in [0.2, 0.25) is 25.7 Å². The van der Waals surface area contributed by atoms with Gasteiger partial charge in [0.2, 0.25) is 0 Å². The minimum atomic E-state index is -1.22. The second-order valence-corrected chi connectivity index (χ2v) is 15.3. The fraction of sp³-hybridized carbons (Fsp3) is 0.421. The summed E-state index contributed by atoms with van der Waals surface area (Å²) in [6, 6.07) is 7.00. The molecule has 3 rings (SSSR count). The Balaban J connectivity index is 1.91. The number of thiophene rings is 1. The second-order valence-electron chi connectivity index (χ2n) is 7.58. The van der Waals surface area contributed by atoms with Crippen LogP contribution in [0, 0.1) is 6.92 Å². The zero-order valence-corrected chi connectivity index (χ0v) is 18.5. The van der Waals surface area contributed by atoms with Crippen LogP contribution in [0.4, 0.5) is 0 Å². The largest absolute Gasteiger partial charge is 0.493 e. The lowest BCUT2D eigenvalue weighted by Gasteiger charge is -2.16. The summed E-state index contributed by atoms with van der Waals surface area (Å²) in [6.45, 7) is 10.1. The van der Waals surface area contributed by atoms with Gasteiger partial charge in [0.1, 0.15) is 5.75 Å². The Morgan fingerprint density at radius 2 is 2.08 bits per heavy atom. The van der Waals surface area contributed by atoms with E-state index in [4.69, 9.17) is 9.47 Å². The molecule has 0 radical (unpaired) electrons. The summed E-state index contributed by atoms with van der Waals surface area (Å²) in [5, 5.41) is 0. The highest BCUT2D eigenvalue weighted by molar-refractivity contribution is 9.10. The average Bonchev–Trinajstić information content (AvgIpc) is 2.79. The van der Waals surface area contributed by atoms with Crippen molar-refractivity contribution in [1.29, 1.82) is 0 Å². The lowest BCUT2D eigenvalue weighted by atomic mass is 10.0. The summed E-state index contributed by atoms with van der Waals surface area (Å²) < 4.78 is 12.2. The third-order valence-corrected chi connectivity index (χ3v) is 7.67. The molecule has 2 aromatic rings. The summed E-state index contributed by atoms with van der Waals surface area (Å²) in [5.74, 6) is 0.554. The van der Waals surface area contributed by atoms with Crippen molar-refractivity contribution in [3.05, 3.63) is 38.7 Å². The van der Waals surface area contributed by atoms with Gasteiger partial charge in [-0.15, -0.1) is 11.3 Å². The highest BCUT2D eigenvalue weighted by Crippen LogP contribution is 2.43. The molecule has 1 aliphatic rings. The standard InChI is InChI=1S/C19H23BrO3SSi/c1-12-9-13-5-6-22-17-11-16(20)14(10-15(17)18(13)24-12)19(21)23-7-8-25(2,3)4/h9-11H,5-8H2,1-4H3. The van der Waals surface area contributed by atoms with E-state index in [1.165, 1.54) is 15.3 Å². The summed E-state index contributed by atoms with van der Waals surface area (Å²) >= 11 is 5.26. The van der Waals surface area contributed by atoms with Crippen LogP contribution in [0.15, 0.2) is 22.7 Å². The maximum Gasteiger partial charge on any atom is 0.339 e. The normalized spacial score (nSPS) is 13.5. The van der Waals surface area contributed by atoms with Gasteiger partial charge in [0.25, 0.3) is 0 Å². The summed E-state index contributed by atoms with van der Waals surface area (Å²) in [5.41, 5.74) is 2.85. The van der Waals surface area contributed by atoms with Crippen molar-refractivity contribution in [2.75, 3.05) is 13.2 Å². The number of hydrogen-bond acceptors (Lipinski definition) is 4. The molecule has 1 aliphatic heterocycles. The Labute approximate surface area is 162 Å². The number of rotatable bonds is 4. The SMILES string of the molecule is Cc1cc2c(s1)-c1cc(C(=O)OCC[Si](C)(C)C)c(Br)cc1OCC2. The van der Waals surface area contributed by atoms with E-state index in [9.17, 15) is 4.79 Å². The lowest BCUT2D eigenvalue weighted by molar-refractivity contribution is 0.0524. The number of esters is 1. The minimum Gasteiger partial charge on any atom is -0.493 e. The molecule has 0 fully saturated rings. The minimum absolute atomic E-state index is 0.271. The molecule has 0 aliphatic carbocycles. The van der Waals surface area contributed by atoms with E-state index in [1.807, 2.05) is 12.1 Å². The van der Waals surface area contributed by atoms with Crippen LogP contribution in [-0.4, -0.2) is 27.3 Å². The average molecular weight is 439 g/mol. The van der Waals surface area contributed by atoms with E-state index < -0.39 is 8.07 Å². The molecule has 25 heavy (non-hydrogen) atoms. The third kappa shape index (κ3) is 4.35. The Bertz CT molecular complexity index is 808. The molecular formula is C19H23BrO3SSi. The fourth-order valence-corrected chi connectivity index (χ4v) is 5.07. The first-order valence-corrected chi connectivity index (χ1v) is 13.8. The second kappa shape index (κ2) is 7.25. The van der Waals surface area contributed by atoms with Crippen molar-refractivity contribution in [3.8, 4) is 16.2 Å². The van der Waals surface area contributed by atoms with Crippen molar-refractivity contribution in [2.45, 2.75) is 39.0 Å². The highest BCUT2D eigenvalue weighted by Gasteiger charge is 2.23. The van der Waals surface area contributed by atoms with Gasteiger partial charge in [-0.2, -0.15) is 0 Å². The number of aryl methyl sites for hydroxylation is 1. The molecule has 0 amide bonds. The van der Waals surface area contributed by atoms with Gasteiger partial charge >= 0.3 is 5.97 Å². The van der Waals surface area contributed by atoms with E-state index in [2.05, 4.69) is 48.6 Å². The first-order chi connectivity index (χ1) is 11.7. The number of benzene rings is 1. The van der Waals surface area contributed by atoms with Gasteiger partial charge in [-0.1, -0.05) is 19.6 Å². The zero-order valence-electron chi connectivity index (χ0n) is 15.1. The summed E-state index contributed by atoms with van der Waals surface area (Å²) in [6.07, 6.45) is 0.891. The molecule has 0 saturated heterocycles. The van der Waals surface area contributed by atoms with Crippen LogP contribution in [0.3, 0.4) is 0 Å². The molecule has 6 heteroatoms. The van der Waals surface area contributed by atoms with Crippen molar-refractivity contribution < 1.29 is 14.3 Å². The summed E-state index contributed by atoms with van der Waals surface area (Å²) in [7, 11) is -1.22. The number of carbonyl (C=O) groups excluding carboxylic acids is 1. The maximum atomic E-state index is 12.6.